The minimum atomic E-state index is 0.108. The molecule has 0 radical (unpaired) electrons. The average Bonchev–Trinajstić information content (AvgIpc) is 2.60. The van der Waals surface area contributed by atoms with Crippen LogP contribution in [0.15, 0.2) is 23.1 Å². The van der Waals surface area contributed by atoms with Gasteiger partial charge in [0, 0.05) is 12.3 Å². The zero-order valence-corrected chi connectivity index (χ0v) is 9.67. The second-order valence-electron chi connectivity index (χ2n) is 4.13. The van der Waals surface area contributed by atoms with Gasteiger partial charge in [-0.05, 0) is 31.1 Å². The van der Waals surface area contributed by atoms with Gasteiger partial charge in [-0.1, -0.05) is 20.4 Å². The van der Waals surface area contributed by atoms with Gasteiger partial charge in [0.25, 0.3) is 0 Å². The summed E-state index contributed by atoms with van der Waals surface area (Å²) in [5.41, 5.74) is 0.900. The lowest BCUT2D eigenvalue weighted by Crippen LogP contribution is -2.06. The van der Waals surface area contributed by atoms with Crippen molar-refractivity contribution in [3.8, 4) is 0 Å². The maximum absolute atomic E-state index is 11.4. The number of rotatable bonds is 5. The van der Waals surface area contributed by atoms with E-state index in [9.17, 15) is 4.79 Å². The first-order valence-corrected chi connectivity index (χ1v) is 5.28. The van der Waals surface area contributed by atoms with Crippen molar-refractivity contribution >= 4 is 11.4 Å². The van der Waals surface area contributed by atoms with Crippen molar-refractivity contribution in [2.24, 2.45) is 5.92 Å². The van der Waals surface area contributed by atoms with Crippen molar-refractivity contribution in [3.05, 3.63) is 30.2 Å². The van der Waals surface area contributed by atoms with Crippen molar-refractivity contribution < 1.29 is 9.21 Å². The molecule has 0 atom stereocenters. The molecular weight excluding hydrogens is 188 g/mol. The highest BCUT2D eigenvalue weighted by Gasteiger charge is 2.09. The minimum Gasteiger partial charge on any atom is -0.462 e. The summed E-state index contributed by atoms with van der Waals surface area (Å²) >= 11 is 0. The Morgan fingerprint density at radius 3 is 2.53 bits per heavy atom. The van der Waals surface area contributed by atoms with Gasteiger partial charge in [0.1, 0.15) is 17.3 Å². The van der Waals surface area contributed by atoms with E-state index < -0.39 is 0 Å². The molecule has 82 valence electrons. The van der Waals surface area contributed by atoms with E-state index in [1.54, 1.807) is 0 Å². The number of hydrogen-bond donors (Lipinski definition) is 0. The number of carbonyl (C=O) groups is 1. The maximum Gasteiger partial charge on any atom is 0.135 e. The predicted molar refractivity (Wildman–Crippen MR) is 61.6 cm³/mol. The Kier molecular flexibility index (Phi) is 3.89. The van der Waals surface area contributed by atoms with Crippen LogP contribution in [0.1, 0.15) is 38.2 Å². The summed E-state index contributed by atoms with van der Waals surface area (Å²) in [4.78, 5) is 11.4. The Morgan fingerprint density at radius 1 is 1.40 bits per heavy atom. The first kappa shape index (κ1) is 11.8. The van der Waals surface area contributed by atoms with Crippen LogP contribution in [0.4, 0.5) is 0 Å². The highest BCUT2D eigenvalue weighted by molar-refractivity contribution is 5.81. The Hall–Kier alpha value is -1.31. The van der Waals surface area contributed by atoms with Crippen LogP contribution in [0.2, 0.25) is 0 Å². The molecular formula is C13H18O2. The molecule has 15 heavy (non-hydrogen) atoms. The number of Topliss-reactive ketones (excluding diaryl/α,β-unsaturated/α-hetero) is 1. The van der Waals surface area contributed by atoms with Gasteiger partial charge >= 0.3 is 0 Å². The zero-order chi connectivity index (χ0) is 11.4. The number of furan rings is 1. The first-order chi connectivity index (χ1) is 7.00. The first-order valence-electron chi connectivity index (χ1n) is 5.28. The van der Waals surface area contributed by atoms with Crippen LogP contribution in [0.3, 0.4) is 0 Å². The van der Waals surface area contributed by atoms with Gasteiger partial charge in [0.05, 0.1) is 0 Å². The summed E-state index contributed by atoms with van der Waals surface area (Å²) in [6.45, 7) is 9.66. The van der Waals surface area contributed by atoms with E-state index in [4.69, 9.17) is 4.42 Å². The van der Waals surface area contributed by atoms with Crippen molar-refractivity contribution in [1.29, 1.82) is 0 Å². The topological polar surface area (TPSA) is 30.2 Å². The molecule has 1 heterocycles. The standard InChI is InChI=1S/C13H18O2/c1-9(2)12(14)7-5-10(3)13-8-6-11(4)15-13/h6,8-9H,3,5,7H2,1-2,4H3. The largest absolute Gasteiger partial charge is 0.462 e. The molecule has 2 heteroatoms. The van der Waals surface area contributed by atoms with Crippen LogP contribution in [0, 0.1) is 12.8 Å². The van der Waals surface area contributed by atoms with Gasteiger partial charge in [-0.25, -0.2) is 0 Å². The van der Waals surface area contributed by atoms with Crippen LogP contribution in [0.5, 0.6) is 0 Å². The lowest BCUT2D eigenvalue weighted by Gasteiger charge is -2.04. The molecule has 0 unspecified atom stereocenters. The molecule has 1 rings (SSSR count). The van der Waals surface area contributed by atoms with E-state index in [-0.39, 0.29) is 11.7 Å². The molecule has 0 bridgehead atoms. The molecule has 0 aromatic carbocycles. The normalized spacial score (nSPS) is 10.7. The maximum atomic E-state index is 11.4. The van der Waals surface area contributed by atoms with Crippen molar-refractivity contribution in [2.75, 3.05) is 0 Å². The van der Waals surface area contributed by atoms with Crippen LogP contribution >= 0.6 is 0 Å². The number of carbonyl (C=O) groups excluding carboxylic acids is 1. The van der Waals surface area contributed by atoms with E-state index in [1.807, 2.05) is 32.9 Å². The molecule has 0 N–H and O–H groups in total. The van der Waals surface area contributed by atoms with Gasteiger partial charge in [-0.2, -0.15) is 0 Å². The molecule has 0 spiro atoms. The fourth-order valence-corrected chi connectivity index (χ4v) is 1.31. The Morgan fingerprint density at radius 2 is 2.07 bits per heavy atom. The summed E-state index contributed by atoms with van der Waals surface area (Å²) in [6, 6.07) is 3.81. The Balaban J connectivity index is 2.47. The average molecular weight is 206 g/mol. The van der Waals surface area contributed by atoms with Gasteiger partial charge < -0.3 is 4.42 Å². The van der Waals surface area contributed by atoms with Crippen molar-refractivity contribution in [1.82, 2.24) is 0 Å². The molecule has 0 aliphatic heterocycles. The molecule has 0 aliphatic rings. The van der Waals surface area contributed by atoms with E-state index >= 15 is 0 Å². The van der Waals surface area contributed by atoms with Gasteiger partial charge in [-0.3, -0.25) is 4.79 Å². The summed E-state index contributed by atoms with van der Waals surface area (Å²) in [6.07, 6.45) is 1.24. The number of aryl methyl sites for hydroxylation is 1. The number of ketones is 1. The fourth-order valence-electron chi connectivity index (χ4n) is 1.31. The van der Waals surface area contributed by atoms with E-state index in [0.717, 1.165) is 17.1 Å². The van der Waals surface area contributed by atoms with Crippen LogP contribution < -0.4 is 0 Å². The Labute approximate surface area is 91.0 Å². The molecule has 0 saturated carbocycles. The summed E-state index contributed by atoms with van der Waals surface area (Å²) < 4.78 is 5.43. The van der Waals surface area contributed by atoms with Crippen LogP contribution in [-0.2, 0) is 4.79 Å². The zero-order valence-electron chi connectivity index (χ0n) is 9.67. The third-order valence-electron chi connectivity index (χ3n) is 2.41. The van der Waals surface area contributed by atoms with Crippen LogP contribution in [-0.4, -0.2) is 5.78 Å². The summed E-state index contributed by atoms with van der Waals surface area (Å²) in [5.74, 6) is 2.06. The number of allylic oxidation sites excluding steroid dienone is 1. The highest BCUT2D eigenvalue weighted by atomic mass is 16.3. The third kappa shape index (κ3) is 3.39. The van der Waals surface area contributed by atoms with Crippen molar-refractivity contribution in [3.63, 3.8) is 0 Å². The second kappa shape index (κ2) is 4.96. The lowest BCUT2D eigenvalue weighted by atomic mass is 10.0. The van der Waals surface area contributed by atoms with E-state index in [2.05, 4.69) is 6.58 Å². The SMILES string of the molecule is C=C(CCC(=O)C(C)C)c1ccc(C)o1. The lowest BCUT2D eigenvalue weighted by molar-refractivity contribution is -0.121. The molecule has 0 fully saturated rings. The smallest absolute Gasteiger partial charge is 0.135 e. The quantitative estimate of drug-likeness (QED) is 0.736. The van der Waals surface area contributed by atoms with E-state index in [0.29, 0.717) is 12.8 Å². The van der Waals surface area contributed by atoms with Crippen molar-refractivity contribution in [2.45, 2.75) is 33.6 Å². The summed E-state index contributed by atoms with van der Waals surface area (Å²) in [7, 11) is 0. The van der Waals surface area contributed by atoms with Gasteiger partial charge in [-0.15, -0.1) is 0 Å². The third-order valence-corrected chi connectivity index (χ3v) is 2.41. The second-order valence-corrected chi connectivity index (χ2v) is 4.13. The Bertz CT molecular complexity index is 358. The molecule has 1 aromatic heterocycles. The molecule has 0 saturated heterocycles. The molecule has 0 aliphatic carbocycles. The number of hydrogen-bond acceptors (Lipinski definition) is 2. The summed E-state index contributed by atoms with van der Waals surface area (Å²) in [5, 5.41) is 0. The van der Waals surface area contributed by atoms with E-state index in [1.165, 1.54) is 0 Å². The molecule has 2 nitrogen and oxygen atoms in total. The monoisotopic (exact) mass is 206 g/mol. The van der Waals surface area contributed by atoms with Gasteiger partial charge in [0.2, 0.25) is 0 Å². The fraction of sp³-hybridized carbons (Fsp3) is 0.462. The predicted octanol–water partition coefficient (Wildman–Crippen LogP) is 3.61. The van der Waals surface area contributed by atoms with Crippen LogP contribution in [0.25, 0.3) is 5.57 Å². The highest BCUT2D eigenvalue weighted by Crippen LogP contribution is 2.20. The minimum absolute atomic E-state index is 0.108. The van der Waals surface area contributed by atoms with Gasteiger partial charge in [0.15, 0.2) is 0 Å². The molecule has 0 amide bonds. The molecule has 1 aromatic rings.